The van der Waals surface area contributed by atoms with E-state index in [0.29, 0.717) is 32.9 Å². The molecule has 0 spiro atoms. The van der Waals surface area contributed by atoms with Gasteiger partial charge in [0.15, 0.2) is 0 Å². The number of carbonyl (C=O) groups excluding carboxylic acids is 1. The molecule has 2 rings (SSSR count). The number of benzene rings is 1. The minimum atomic E-state index is -1.20. The van der Waals surface area contributed by atoms with Gasteiger partial charge in [0.1, 0.15) is 0 Å². The second-order valence-corrected chi connectivity index (χ2v) is 5.47. The fraction of sp³-hybridized carbons (Fsp3) is 0.412. The van der Waals surface area contributed by atoms with Crippen LogP contribution in [0.25, 0.3) is 0 Å². The average molecular weight is 335 g/mol. The molecule has 1 heterocycles. The minimum absolute atomic E-state index is 0.209. The summed E-state index contributed by atoms with van der Waals surface area (Å²) in [4.78, 5) is 26.9. The van der Waals surface area contributed by atoms with Crippen LogP contribution in [0.1, 0.15) is 11.1 Å². The number of morpholine rings is 1. The van der Waals surface area contributed by atoms with Crippen molar-refractivity contribution in [2.45, 2.75) is 19.6 Å². The van der Waals surface area contributed by atoms with Gasteiger partial charge in [-0.25, -0.2) is 9.59 Å². The molecule has 130 valence electrons. The molecule has 1 unspecified atom stereocenters. The van der Waals surface area contributed by atoms with Crippen molar-refractivity contribution in [3.63, 3.8) is 0 Å². The van der Waals surface area contributed by atoms with Gasteiger partial charge in [0.25, 0.3) is 0 Å². The van der Waals surface area contributed by atoms with Crippen molar-refractivity contribution in [1.82, 2.24) is 5.06 Å². The number of aliphatic carboxylic acids is 1. The van der Waals surface area contributed by atoms with Crippen molar-refractivity contribution in [1.29, 1.82) is 0 Å². The summed E-state index contributed by atoms with van der Waals surface area (Å²) in [7, 11) is 0. The van der Waals surface area contributed by atoms with Crippen LogP contribution >= 0.6 is 0 Å². The lowest BCUT2D eigenvalue weighted by molar-refractivity contribution is -0.214. The van der Waals surface area contributed by atoms with Gasteiger partial charge >= 0.3 is 11.9 Å². The third kappa shape index (κ3) is 6.49. The third-order valence-electron chi connectivity index (χ3n) is 3.34. The van der Waals surface area contributed by atoms with Crippen LogP contribution in [0, 0.1) is 6.92 Å². The summed E-state index contributed by atoms with van der Waals surface area (Å²) >= 11 is 0. The number of hydrogen-bond donors (Lipinski definition) is 1. The lowest BCUT2D eigenvalue weighted by atomic mass is 10.1. The fourth-order valence-corrected chi connectivity index (χ4v) is 2.28. The Hall–Kier alpha value is -2.22. The molecule has 1 saturated heterocycles. The van der Waals surface area contributed by atoms with Gasteiger partial charge in [-0.2, -0.15) is 0 Å². The van der Waals surface area contributed by atoms with Crippen molar-refractivity contribution in [2.75, 3.05) is 26.3 Å². The molecule has 0 aromatic heterocycles. The van der Waals surface area contributed by atoms with Gasteiger partial charge in [0.05, 0.1) is 39.0 Å². The number of carboxylic acids is 1. The first kappa shape index (κ1) is 18.1. The molecular formula is C17H21NO6. The Morgan fingerprint density at radius 2 is 2.25 bits per heavy atom. The molecule has 1 fully saturated rings. The van der Waals surface area contributed by atoms with E-state index in [9.17, 15) is 9.59 Å². The Kier molecular flexibility index (Phi) is 6.92. The SMILES string of the molecule is Cc1cccc(COCC2CN(OC(=O)/C=C\C(=O)O)CCO2)c1. The molecule has 1 aromatic rings. The van der Waals surface area contributed by atoms with E-state index < -0.39 is 11.9 Å². The molecule has 1 aliphatic rings. The van der Waals surface area contributed by atoms with Crippen LogP contribution in [-0.4, -0.2) is 54.5 Å². The first-order valence-electron chi connectivity index (χ1n) is 7.65. The molecule has 1 aromatic carbocycles. The van der Waals surface area contributed by atoms with E-state index in [4.69, 9.17) is 19.4 Å². The van der Waals surface area contributed by atoms with E-state index in [2.05, 4.69) is 6.07 Å². The number of nitrogens with zero attached hydrogens (tertiary/aromatic N) is 1. The molecule has 7 nitrogen and oxygen atoms in total. The minimum Gasteiger partial charge on any atom is -0.478 e. The fourth-order valence-electron chi connectivity index (χ4n) is 2.28. The largest absolute Gasteiger partial charge is 0.478 e. The monoisotopic (exact) mass is 335 g/mol. The van der Waals surface area contributed by atoms with Crippen LogP contribution in [0.15, 0.2) is 36.4 Å². The Labute approximate surface area is 140 Å². The predicted molar refractivity (Wildman–Crippen MR) is 85.0 cm³/mol. The van der Waals surface area contributed by atoms with Crippen molar-refractivity contribution in [3.05, 3.63) is 47.5 Å². The zero-order chi connectivity index (χ0) is 17.4. The maximum atomic E-state index is 11.5. The summed E-state index contributed by atoms with van der Waals surface area (Å²) < 4.78 is 11.2. The summed E-state index contributed by atoms with van der Waals surface area (Å²) in [5.41, 5.74) is 2.27. The van der Waals surface area contributed by atoms with Gasteiger partial charge in [-0.3, -0.25) is 0 Å². The highest BCUT2D eigenvalue weighted by Gasteiger charge is 2.23. The molecule has 0 amide bonds. The topological polar surface area (TPSA) is 85.3 Å². The van der Waals surface area contributed by atoms with Crippen LogP contribution in [0.3, 0.4) is 0 Å². The van der Waals surface area contributed by atoms with Crippen molar-refractivity contribution >= 4 is 11.9 Å². The van der Waals surface area contributed by atoms with E-state index in [0.717, 1.165) is 17.7 Å². The summed E-state index contributed by atoms with van der Waals surface area (Å²) in [6, 6.07) is 8.07. The van der Waals surface area contributed by atoms with Gasteiger partial charge in [-0.15, -0.1) is 5.06 Å². The Morgan fingerprint density at radius 3 is 3.00 bits per heavy atom. The number of aryl methyl sites for hydroxylation is 1. The number of carboxylic acid groups (broad SMARTS) is 1. The van der Waals surface area contributed by atoms with Gasteiger partial charge in [-0.05, 0) is 12.5 Å². The molecule has 1 N–H and O–H groups in total. The van der Waals surface area contributed by atoms with Crippen LogP contribution in [0.4, 0.5) is 0 Å². The van der Waals surface area contributed by atoms with E-state index >= 15 is 0 Å². The van der Waals surface area contributed by atoms with Gasteiger partial charge in [-0.1, -0.05) is 29.8 Å². The number of rotatable bonds is 7. The lowest BCUT2D eigenvalue weighted by Gasteiger charge is -2.30. The Bertz CT molecular complexity index is 600. The zero-order valence-electron chi connectivity index (χ0n) is 13.5. The molecule has 24 heavy (non-hydrogen) atoms. The quantitative estimate of drug-likeness (QED) is 0.752. The Balaban J connectivity index is 1.72. The molecule has 0 bridgehead atoms. The van der Waals surface area contributed by atoms with Crippen LogP contribution in [0.2, 0.25) is 0 Å². The van der Waals surface area contributed by atoms with E-state index in [1.165, 1.54) is 10.6 Å². The number of hydroxylamine groups is 2. The van der Waals surface area contributed by atoms with Crippen molar-refractivity contribution in [3.8, 4) is 0 Å². The maximum Gasteiger partial charge on any atom is 0.349 e. The molecule has 1 atom stereocenters. The highest BCUT2D eigenvalue weighted by atomic mass is 16.7. The third-order valence-corrected chi connectivity index (χ3v) is 3.34. The molecular weight excluding hydrogens is 314 g/mol. The lowest BCUT2D eigenvalue weighted by Crippen LogP contribution is -2.45. The van der Waals surface area contributed by atoms with Crippen LogP contribution in [-0.2, 0) is 30.5 Å². The van der Waals surface area contributed by atoms with Gasteiger partial charge < -0.3 is 19.4 Å². The number of carbonyl (C=O) groups is 2. The van der Waals surface area contributed by atoms with Crippen molar-refractivity contribution < 1.29 is 29.0 Å². The normalized spacial score (nSPS) is 18.6. The average Bonchev–Trinajstić information content (AvgIpc) is 2.53. The van der Waals surface area contributed by atoms with Crippen LogP contribution in [0.5, 0.6) is 0 Å². The summed E-state index contributed by atoms with van der Waals surface area (Å²) in [5.74, 6) is -1.92. The standard InChI is InChI=1S/C17H21NO6/c1-13-3-2-4-14(9-13)11-22-12-15-10-18(7-8-23-15)24-17(21)6-5-16(19)20/h2-6,9,15H,7-8,10-12H2,1H3,(H,19,20)/b6-5-. The van der Waals surface area contributed by atoms with Crippen LogP contribution < -0.4 is 0 Å². The predicted octanol–water partition coefficient (Wildman–Crippen LogP) is 1.31. The summed E-state index contributed by atoms with van der Waals surface area (Å²) in [5, 5.41) is 9.93. The number of hydrogen-bond acceptors (Lipinski definition) is 6. The highest BCUT2D eigenvalue weighted by Crippen LogP contribution is 2.09. The van der Waals surface area contributed by atoms with Gasteiger partial charge in [0.2, 0.25) is 0 Å². The second-order valence-electron chi connectivity index (χ2n) is 5.47. The summed E-state index contributed by atoms with van der Waals surface area (Å²) in [6.07, 6.45) is 1.41. The van der Waals surface area contributed by atoms with Crippen molar-refractivity contribution in [2.24, 2.45) is 0 Å². The number of ether oxygens (including phenoxy) is 2. The first-order chi connectivity index (χ1) is 11.5. The molecule has 7 heteroatoms. The van der Waals surface area contributed by atoms with Gasteiger partial charge in [0, 0.05) is 12.2 Å². The molecule has 0 saturated carbocycles. The second kappa shape index (κ2) is 9.17. The zero-order valence-corrected chi connectivity index (χ0v) is 13.5. The summed E-state index contributed by atoms with van der Waals surface area (Å²) in [6.45, 7) is 4.12. The first-order valence-corrected chi connectivity index (χ1v) is 7.65. The highest BCUT2D eigenvalue weighted by molar-refractivity contribution is 5.90. The molecule has 0 radical (unpaired) electrons. The molecule has 0 aliphatic carbocycles. The van der Waals surface area contributed by atoms with E-state index in [-0.39, 0.29) is 6.10 Å². The molecule has 1 aliphatic heterocycles. The maximum absolute atomic E-state index is 11.5. The van der Waals surface area contributed by atoms with E-state index in [1.807, 2.05) is 25.1 Å². The smallest absolute Gasteiger partial charge is 0.349 e. The van der Waals surface area contributed by atoms with E-state index in [1.54, 1.807) is 0 Å². The Morgan fingerprint density at radius 1 is 1.42 bits per heavy atom.